The summed E-state index contributed by atoms with van der Waals surface area (Å²) in [5.41, 5.74) is 3.93. The van der Waals surface area contributed by atoms with E-state index in [-0.39, 0.29) is 11.3 Å². The molecule has 0 aromatic heterocycles. The number of phenolic OH excluding ortho intramolecular Hbond substituents is 1. The average Bonchev–Trinajstić information content (AvgIpc) is 2.54. The number of halogens is 1. The lowest BCUT2D eigenvalue weighted by Crippen LogP contribution is -2.19. The normalized spacial score (nSPS) is 11.1. The number of nitrogens with zero attached hydrogens (tertiary/aromatic N) is 1. The van der Waals surface area contributed by atoms with Crippen molar-refractivity contribution < 1.29 is 14.6 Å². The highest BCUT2D eigenvalue weighted by Crippen LogP contribution is 2.21. The summed E-state index contributed by atoms with van der Waals surface area (Å²) in [4.78, 5) is 12.0. The van der Waals surface area contributed by atoms with Crippen molar-refractivity contribution in [1.29, 1.82) is 0 Å². The summed E-state index contributed by atoms with van der Waals surface area (Å²) >= 11 is 5.81. The van der Waals surface area contributed by atoms with Gasteiger partial charge in [0.05, 0.1) is 18.4 Å². The molecule has 0 radical (unpaired) electrons. The molecule has 6 heteroatoms. The van der Waals surface area contributed by atoms with Gasteiger partial charge in [0, 0.05) is 5.02 Å². The minimum absolute atomic E-state index is 0.0683. The van der Waals surface area contributed by atoms with Crippen molar-refractivity contribution in [3.05, 3.63) is 58.6 Å². The lowest BCUT2D eigenvalue weighted by Gasteiger charge is -2.06. The summed E-state index contributed by atoms with van der Waals surface area (Å²) in [5, 5.41) is 14.0. The van der Waals surface area contributed by atoms with Crippen LogP contribution in [0.5, 0.6) is 11.5 Å². The number of carbonyl (C=O) groups is 1. The molecular weight excluding hydrogens is 304 g/mol. The Morgan fingerprint density at radius 3 is 2.55 bits per heavy atom. The van der Waals surface area contributed by atoms with Gasteiger partial charge in [0.15, 0.2) is 0 Å². The molecule has 2 aromatic carbocycles. The monoisotopic (exact) mass is 318 g/mol. The molecule has 0 spiro atoms. The van der Waals surface area contributed by atoms with Crippen LogP contribution in [0, 0.1) is 0 Å². The molecule has 1 amide bonds. The number of hydrogen-bond acceptors (Lipinski definition) is 4. The number of benzene rings is 2. The van der Waals surface area contributed by atoms with Crippen molar-refractivity contribution in [2.45, 2.75) is 6.92 Å². The van der Waals surface area contributed by atoms with Gasteiger partial charge in [0.2, 0.25) is 0 Å². The van der Waals surface area contributed by atoms with E-state index in [9.17, 15) is 9.90 Å². The lowest BCUT2D eigenvalue weighted by molar-refractivity contribution is 0.0952. The summed E-state index contributed by atoms with van der Waals surface area (Å²) in [6.45, 7) is 1.76. The summed E-state index contributed by atoms with van der Waals surface area (Å²) in [6, 6.07) is 11.5. The Balaban J connectivity index is 2.12. The van der Waals surface area contributed by atoms with Crippen molar-refractivity contribution >= 4 is 23.2 Å². The van der Waals surface area contributed by atoms with Crippen LogP contribution in [0.15, 0.2) is 47.6 Å². The highest BCUT2D eigenvalue weighted by atomic mass is 35.5. The number of methoxy groups -OCH3 is 1. The van der Waals surface area contributed by atoms with Gasteiger partial charge in [-0.2, -0.15) is 5.10 Å². The second kappa shape index (κ2) is 6.95. The van der Waals surface area contributed by atoms with Gasteiger partial charge in [-0.3, -0.25) is 4.79 Å². The zero-order chi connectivity index (χ0) is 16.1. The SMILES string of the molecule is COc1ccc(C(C)=NNC(=O)c2cc(Cl)ccc2O)cc1. The third-order valence-electron chi connectivity index (χ3n) is 3.04. The third-order valence-corrected chi connectivity index (χ3v) is 3.27. The quantitative estimate of drug-likeness (QED) is 0.671. The van der Waals surface area contributed by atoms with Crippen molar-refractivity contribution in [1.82, 2.24) is 5.43 Å². The molecule has 0 aliphatic heterocycles. The Labute approximate surface area is 133 Å². The first-order valence-electron chi connectivity index (χ1n) is 6.49. The van der Waals surface area contributed by atoms with E-state index in [2.05, 4.69) is 10.5 Å². The highest BCUT2D eigenvalue weighted by molar-refractivity contribution is 6.31. The number of amides is 1. The molecule has 0 saturated heterocycles. The molecule has 5 nitrogen and oxygen atoms in total. The van der Waals surface area contributed by atoms with Gasteiger partial charge in [-0.1, -0.05) is 11.6 Å². The van der Waals surface area contributed by atoms with Crippen molar-refractivity contribution in [2.24, 2.45) is 5.10 Å². The van der Waals surface area contributed by atoms with Crippen LogP contribution < -0.4 is 10.2 Å². The van der Waals surface area contributed by atoms with Crippen LogP contribution in [0.2, 0.25) is 5.02 Å². The average molecular weight is 319 g/mol. The molecule has 0 bridgehead atoms. The number of rotatable bonds is 4. The van der Waals surface area contributed by atoms with Gasteiger partial charge in [0.25, 0.3) is 5.91 Å². The fraction of sp³-hybridized carbons (Fsp3) is 0.125. The fourth-order valence-electron chi connectivity index (χ4n) is 1.78. The molecule has 22 heavy (non-hydrogen) atoms. The van der Waals surface area contributed by atoms with E-state index in [1.807, 2.05) is 12.1 Å². The molecule has 0 aliphatic carbocycles. The van der Waals surface area contributed by atoms with E-state index < -0.39 is 5.91 Å². The maximum absolute atomic E-state index is 12.0. The molecule has 2 N–H and O–H groups in total. The standard InChI is InChI=1S/C16H15ClN2O3/c1-10(11-3-6-13(22-2)7-4-11)18-19-16(21)14-9-12(17)5-8-15(14)20/h3-9,20H,1-2H3,(H,19,21). The Kier molecular flexibility index (Phi) is 5.01. The number of hydrogen-bond donors (Lipinski definition) is 2. The Bertz CT molecular complexity index is 712. The Morgan fingerprint density at radius 2 is 1.91 bits per heavy atom. The number of aromatic hydroxyl groups is 1. The smallest absolute Gasteiger partial charge is 0.275 e. The number of carbonyl (C=O) groups excluding carboxylic acids is 1. The van der Waals surface area contributed by atoms with Crippen LogP contribution in [0.3, 0.4) is 0 Å². The molecule has 2 aromatic rings. The van der Waals surface area contributed by atoms with Crippen molar-refractivity contribution in [3.8, 4) is 11.5 Å². The van der Waals surface area contributed by atoms with E-state index in [0.29, 0.717) is 10.7 Å². The van der Waals surface area contributed by atoms with Crippen molar-refractivity contribution in [3.63, 3.8) is 0 Å². The van der Waals surface area contributed by atoms with Gasteiger partial charge < -0.3 is 9.84 Å². The first-order valence-corrected chi connectivity index (χ1v) is 6.86. The molecule has 0 saturated carbocycles. The number of hydrazone groups is 1. The number of phenols is 1. The molecule has 114 valence electrons. The molecule has 0 unspecified atom stereocenters. The number of ether oxygens (including phenoxy) is 1. The fourth-order valence-corrected chi connectivity index (χ4v) is 1.95. The maximum atomic E-state index is 12.0. The zero-order valence-corrected chi connectivity index (χ0v) is 12.9. The van der Waals surface area contributed by atoms with E-state index in [4.69, 9.17) is 16.3 Å². The van der Waals surface area contributed by atoms with Gasteiger partial charge >= 0.3 is 0 Å². The first-order chi connectivity index (χ1) is 10.5. The second-order valence-electron chi connectivity index (χ2n) is 4.53. The molecule has 0 fully saturated rings. The van der Waals surface area contributed by atoms with Crippen LogP contribution in [-0.4, -0.2) is 23.8 Å². The van der Waals surface area contributed by atoms with Crippen molar-refractivity contribution in [2.75, 3.05) is 7.11 Å². The minimum Gasteiger partial charge on any atom is -0.507 e. The summed E-state index contributed by atoms with van der Waals surface area (Å²) in [7, 11) is 1.59. The minimum atomic E-state index is -0.534. The predicted molar refractivity (Wildman–Crippen MR) is 85.8 cm³/mol. The Morgan fingerprint density at radius 1 is 1.23 bits per heavy atom. The van der Waals surface area contributed by atoms with E-state index in [1.165, 1.54) is 18.2 Å². The summed E-state index contributed by atoms with van der Waals surface area (Å²) < 4.78 is 5.08. The van der Waals surface area contributed by atoms with Gasteiger partial charge in [-0.05, 0) is 55.0 Å². The van der Waals surface area contributed by atoms with Crippen LogP contribution in [0.1, 0.15) is 22.8 Å². The highest BCUT2D eigenvalue weighted by Gasteiger charge is 2.11. The molecular formula is C16H15ClN2O3. The summed E-state index contributed by atoms with van der Waals surface area (Å²) in [5.74, 6) is 0.0523. The van der Waals surface area contributed by atoms with Crippen LogP contribution >= 0.6 is 11.6 Å². The van der Waals surface area contributed by atoms with E-state index in [1.54, 1.807) is 26.2 Å². The molecule has 2 rings (SSSR count). The van der Waals surface area contributed by atoms with Crippen LogP contribution in [-0.2, 0) is 0 Å². The van der Waals surface area contributed by atoms with Crippen LogP contribution in [0.4, 0.5) is 0 Å². The third kappa shape index (κ3) is 3.77. The molecule has 0 heterocycles. The topological polar surface area (TPSA) is 70.9 Å². The van der Waals surface area contributed by atoms with Crippen LogP contribution in [0.25, 0.3) is 0 Å². The van der Waals surface area contributed by atoms with Gasteiger partial charge in [-0.25, -0.2) is 5.43 Å². The predicted octanol–water partition coefficient (Wildman–Crippen LogP) is 3.21. The molecule has 0 aliphatic rings. The van der Waals surface area contributed by atoms with E-state index >= 15 is 0 Å². The maximum Gasteiger partial charge on any atom is 0.275 e. The largest absolute Gasteiger partial charge is 0.507 e. The zero-order valence-electron chi connectivity index (χ0n) is 12.1. The van der Waals surface area contributed by atoms with E-state index in [0.717, 1.165) is 11.3 Å². The summed E-state index contributed by atoms with van der Waals surface area (Å²) in [6.07, 6.45) is 0. The van der Waals surface area contributed by atoms with Gasteiger partial charge in [-0.15, -0.1) is 0 Å². The van der Waals surface area contributed by atoms with Gasteiger partial charge in [0.1, 0.15) is 11.5 Å². The number of nitrogens with one attached hydrogen (secondary N) is 1. The first kappa shape index (κ1) is 15.9. The lowest BCUT2D eigenvalue weighted by atomic mass is 10.1. The second-order valence-corrected chi connectivity index (χ2v) is 4.96. The Hall–Kier alpha value is -2.53. The molecule has 0 atom stereocenters.